The fraction of sp³-hybridized carbons (Fsp3) is 0.455. The average Bonchev–Trinajstić information content (AvgIpc) is 2.55. The van der Waals surface area contributed by atoms with Crippen molar-refractivity contribution in [2.24, 2.45) is 0 Å². The van der Waals surface area contributed by atoms with Crippen LogP contribution in [0.5, 0.6) is 5.75 Å². The van der Waals surface area contributed by atoms with Gasteiger partial charge in [-0.1, -0.05) is 62.1 Å². The number of hydrogen-bond donors (Lipinski definition) is 1. The van der Waals surface area contributed by atoms with Gasteiger partial charge in [-0.3, -0.25) is 0 Å². The monoisotopic (exact) mass is 325 g/mol. The minimum atomic E-state index is 0.788. The largest absolute Gasteiger partial charge is 0.493 e. The molecule has 2 heteroatoms. The highest BCUT2D eigenvalue weighted by Gasteiger charge is 2.06. The zero-order chi connectivity index (χ0) is 17.4. The van der Waals surface area contributed by atoms with E-state index in [-0.39, 0.29) is 0 Å². The van der Waals surface area contributed by atoms with Crippen molar-refractivity contribution in [3.63, 3.8) is 0 Å². The van der Waals surface area contributed by atoms with Crippen LogP contribution in [0.15, 0.2) is 36.4 Å². The second-order valence-electron chi connectivity index (χ2n) is 6.64. The highest BCUT2D eigenvalue weighted by Crippen LogP contribution is 2.25. The molecule has 0 bridgehead atoms. The lowest BCUT2D eigenvalue weighted by Gasteiger charge is -2.16. The molecule has 2 rings (SSSR count). The third kappa shape index (κ3) is 5.30. The molecule has 130 valence electrons. The lowest BCUT2D eigenvalue weighted by Crippen LogP contribution is -2.06. The summed E-state index contributed by atoms with van der Waals surface area (Å²) >= 11 is 0. The van der Waals surface area contributed by atoms with Crippen LogP contribution < -0.4 is 10.1 Å². The standard InChI is InChI=1S/C22H31NO/c1-5-6-7-10-13-24-21-12-9-8-11-20(21)16-23-22-18(3)14-17(2)15-19(22)4/h8-9,11-12,14-15,23H,5-7,10,13,16H2,1-4H3. The average molecular weight is 325 g/mol. The van der Waals surface area contributed by atoms with Crippen molar-refractivity contribution >= 4 is 5.69 Å². The molecule has 0 atom stereocenters. The number of benzene rings is 2. The first-order valence-electron chi connectivity index (χ1n) is 9.14. The summed E-state index contributed by atoms with van der Waals surface area (Å²) in [6.45, 7) is 10.3. The number of nitrogens with one attached hydrogen (secondary N) is 1. The van der Waals surface area contributed by atoms with Crippen molar-refractivity contribution in [2.45, 2.75) is 59.9 Å². The predicted octanol–water partition coefficient (Wildman–Crippen LogP) is 6.18. The summed E-state index contributed by atoms with van der Waals surface area (Å²) in [5.74, 6) is 1.00. The van der Waals surface area contributed by atoms with E-state index in [1.54, 1.807) is 0 Å². The zero-order valence-electron chi connectivity index (χ0n) is 15.6. The van der Waals surface area contributed by atoms with E-state index in [2.05, 4.69) is 63.3 Å². The molecule has 2 aromatic carbocycles. The van der Waals surface area contributed by atoms with Crippen LogP contribution in [0.4, 0.5) is 5.69 Å². The molecule has 2 nitrogen and oxygen atoms in total. The first-order valence-corrected chi connectivity index (χ1v) is 9.14. The summed E-state index contributed by atoms with van der Waals surface area (Å²) in [4.78, 5) is 0. The van der Waals surface area contributed by atoms with Crippen LogP contribution in [0.2, 0.25) is 0 Å². The van der Waals surface area contributed by atoms with E-state index in [1.807, 2.05) is 6.07 Å². The molecule has 0 aliphatic rings. The number of hydrogen-bond acceptors (Lipinski definition) is 2. The summed E-state index contributed by atoms with van der Waals surface area (Å²) in [5, 5.41) is 3.60. The number of para-hydroxylation sites is 1. The Morgan fingerprint density at radius 1 is 0.917 bits per heavy atom. The van der Waals surface area contributed by atoms with Crippen LogP contribution in [-0.2, 0) is 6.54 Å². The highest BCUT2D eigenvalue weighted by molar-refractivity contribution is 5.58. The van der Waals surface area contributed by atoms with Crippen molar-refractivity contribution in [1.29, 1.82) is 0 Å². The highest BCUT2D eigenvalue weighted by atomic mass is 16.5. The van der Waals surface area contributed by atoms with Gasteiger partial charge in [0.15, 0.2) is 0 Å². The number of aryl methyl sites for hydroxylation is 3. The molecule has 0 radical (unpaired) electrons. The second-order valence-corrected chi connectivity index (χ2v) is 6.64. The molecule has 0 saturated heterocycles. The maximum Gasteiger partial charge on any atom is 0.124 e. The summed E-state index contributed by atoms with van der Waals surface area (Å²) < 4.78 is 6.01. The molecule has 0 amide bonds. The molecule has 1 N–H and O–H groups in total. The topological polar surface area (TPSA) is 21.3 Å². The van der Waals surface area contributed by atoms with Gasteiger partial charge in [0.25, 0.3) is 0 Å². The number of rotatable bonds is 9. The Hall–Kier alpha value is -1.96. The van der Waals surface area contributed by atoms with Crippen molar-refractivity contribution in [3.8, 4) is 5.75 Å². The Labute approximate surface area is 147 Å². The summed E-state index contributed by atoms with van der Waals surface area (Å²) in [5.41, 5.74) is 6.35. The van der Waals surface area contributed by atoms with E-state index in [0.717, 1.165) is 25.3 Å². The Balaban J connectivity index is 1.98. The van der Waals surface area contributed by atoms with E-state index in [9.17, 15) is 0 Å². The van der Waals surface area contributed by atoms with Crippen molar-refractivity contribution < 1.29 is 4.74 Å². The lowest BCUT2D eigenvalue weighted by molar-refractivity contribution is 0.302. The van der Waals surface area contributed by atoms with Gasteiger partial charge in [0, 0.05) is 17.8 Å². The van der Waals surface area contributed by atoms with E-state index in [4.69, 9.17) is 4.74 Å². The predicted molar refractivity (Wildman–Crippen MR) is 104 cm³/mol. The van der Waals surface area contributed by atoms with Gasteiger partial charge < -0.3 is 10.1 Å². The second kappa shape index (κ2) is 9.36. The van der Waals surface area contributed by atoms with Crippen molar-refractivity contribution in [1.82, 2.24) is 0 Å². The van der Waals surface area contributed by atoms with Gasteiger partial charge in [0.2, 0.25) is 0 Å². The first kappa shape index (κ1) is 18.4. The van der Waals surface area contributed by atoms with Gasteiger partial charge in [-0.05, 0) is 44.4 Å². The van der Waals surface area contributed by atoms with Gasteiger partial charge in [-0.15, -0.1) is 0 Å². The summed E-state index contributed by atoms with van der Waals surface area (Å²) in [6.07, 6.45) is 4.93. The van der Waals surface area contributed by atoms with Crippen molar-refractivity contribution in [2.75, 3.05) is 11.9 Å². The van der Waals surface area contributed by atoms with E-state index >= 15 is 0 Å². The normalized spacial score (nSPS) is 10.7. The van der Waals surface area contributed by atoms with Gasteiger partial charge >= 0.3 is 0 Å². The summed E-state index contributed by atoms with van der Waals surface area (Å²) in [7, 11) is 0. The minimum Gasteiger partial charge on any atom is -0.493 e. The molecule has 24 heavy (non-hydrogen) atoms. The van der Waals surface area contributed by atoms with E-state index in [1.165, 1.54) is 47.2 Å². The van der Waals surface area contributed by atoms with Crippen LogP contribution in [-0.4, -0.2) is 6.61 Å². The van der Waals surface area contributed by atoms with Crippen LogP contribution >= 0.6 is 0 Å². The molecule has 0 saturated carbocycles. The third-order valence-corrected chi connectivity index (χ3v) is 4.36. The van der Waals surface area contributed by atoms with Gasteiger partial charge in [-0.2, -0.15) is 0 Å². The minimum absolute atomic E-state index is 0.788. The summed E-state index contributed by atoms with van der Waals surface area (Å²) in [6, 6.07) is 12.8. The maximum absolute atomic E-state index is 6.01. The van der Waals surface area contributed by atoms with Gasteiger partial charge in [-0.25, -0.2) is 0 Å². The molecule has 0 spiro atoms. The van der Waals surface area contributed by atoms with Crippen LogP contribution in [0.25, 0.3) is 0 Å². The Bertz CT molecular complexity index is 625. The molecule has 0 fully saturated rings. The van der Waals surface area contributed by atoms with Crippen LogP contribution in [0.1, 0.15) is 54.9 Å². The number of unbranched alkanes of at least 4 members (excludes halogenated alkanes) is 3. The fourth-order valence-corrected chi connectivity index (χ4v) is 3.14. The SMILES string of the molecule is CCCCCCOc1ccccc1CNc1c(C)cc(C)cc1C. The van der Waals surface area contributed by atoms with Gasteiger partial charge in [0.05, 0.1) is 6.61 Å². The molecule has 0 aliphatic heterocycles. The fourth-order valence-electron chi connectivity index (χ4n) is 3.14. The quantitative estimate of drug-likeness (QED) is 0.556. The smallest absolute Gasteiger partial charge is 0.124 e. The number of anilines is 1. The lowest BCUT2D eigenvalue weighted by atomic mass is 10.0. The Morgan fingerprint density at radius 2 is 1.62 bits per heavy atom. The molecule has 2 aromatic rings. The number of ether oxygens (including phenoxy) is 1. The van der Waals surface area contributed by atoms with E-state index < -0.39 is 0 Å². The van der Waals surface area contributed by atoms with Crippen LogP contribution in [0.3, 0.4) is 0 Å². The molecule has 0 unspecified atom stereocenters. The van der Waals surface area contributed by atoms with E-state index in [0.29, 0.717) is 0 Å². The van der Waals surface area contributed by atoms with Crippen LogP contribution in [0, 0.1) is 20.8 Å². The van der Waals surface area contributed by atoms with Crippen molar-refractivity contribution in [3.05, 3.63) is 58.7 Å². The Kier molecular flexibility index (Phi) is 7.17. The maximum atomic E-state index is 6.01. The first-order chi connectivity index (χ1) is 11.6. The molecule has 0 aromatic heterocycles. The third-order valence-electron chi connectivity index (χ3n) is 4.36. The molecule has 0 aliphatic carbocycles. The molecule has 0 heterocycles. The zero-order valence-corrected chi connectivity index (χ0v) is 15.6. The Morgan fingerprint density at radius 3 is 2.33 bits per heavy atom. The molecular weight excluding hydrogens is 294 g/mol. The van der Waals surface area contributed by atoms with Gasteiger partial charge in [0.1, 0.15) is 5.75 Å². The molecular formula is C22H31NO.